The highest BCUT2D eigenvalue weighted by Gasteiger charge is 2.16. The molecule has 4 aromatic rings. The third kappa shape index (κ3) is 3.09. The van der Waals surface area contributed by atoms with Gasteiger partial charge in [0.2, 0.25) is 0 Å². The predicted molar refractivity (Wildman–Crippen MR) is 93.2 cm³/mol. The minimum atomic E-state index is -0.137. The van der Waals surface area contributed by atoms with Crippen molar-refractivity contribution < 1.29 is 9.15 Å². The van der Waals surface area contributed by atoms with Crippen LogP contribution in [0.15, 0.2) is 65.3 Å². The van der Waals surface area contributed by atoms with Gasteiger partial charge in [-0.3, -0.25) is 0 Å². The van der Waals surface area contributed by atoms with Crippen LogP contribution in [0.4, 0.5) is 5.82 Å². The fourth-order valence-electron chi connectivity index (χ4n) is 2.66. The lowest BCUT2D eigenvalue weighted by atomic mass is 10.2. The van der Waals surface area contributed by atoms with E-state index in [2.05, 4.69) is 20.6 Å². The van der Waals surface area contributed by atoms with Crippen LogP contribution in [0.5, 0.6) is 0 Å². The number of furan rings is 1. The van der Waals surface area contributed by atoms with Gasteiger partial charge in [-0.1, -0.05) is 30.3 Å². The van der Waals surface area contributed by atoms with Crippen molar-refractivity contribution in [2.45, 2.75) is 6.04 Å². The highest BCUT2D eigenvalue weighted by atomic mass is 16.5. The second-order valence-electron chi connectivity index (χ2n) is 5.55. The summed E-state index contributed by atoms with van der Waals surface area (Å²) < 4.78 is 12.5. The fraction of sp³-hybridized carbons (Fsp3) is 0.167. The molecule has 126 valence electrons. The summed E-state index contributed by atoms with van der Waals surface area (Å²) in [7, 11) is 1.65. The van der Waals surface area contributed by atoms with Gasteiger partial charge in [0, 0.05) is 12.7 Å². The first kappa shape index (κ1) is 15.3. The fourth-order valence-corrected chi connectivity index (χ4v) is 2.66. The Morgan fingerprint density at radius 3 is 2.72 bits per heavy atom. The number of ether oxygens (including phenoxy) is 1. The van der Waals surface area contributed by atoms with Crippen molar-refractivity contribution in [3.8, 4) is 11.4 Å². The third-order valence-corrected chi connectivity index (χ3v) is 3.84. The average Bonchev–Trinajstić information content (AvgIpc) is 3.32. The van der Waals surface area contributed by atoms with Crippen LogP contribution >= 0.6 is 0 Å². The molecule has 0 saturated heterocycles. The number of hydrogen-bond acceptors (Lipinski definition) is 6. The molecule has 25 heavy (non-hydrogen) atoms. The summed E-state index contributed by atoms with van der Waals surface area (Å²) in [5.41, 5.74) is 1.64. The second kappa shape index (κ2) is 6.74. The van der Waals surface area contributed by atoms with Crippen molar-refractivity contribution in [2.75, 3.05) is 19.0 Å². The number of benzene rings is 1. The number of rotatable bonds is 6. The maximum Gasteiger partial charge on any atom is 0.185 e. The molecule has 7 heteroatoms. The Bertz CT molecular complexity index is 950. The molecule has 3 heterocycles. The zero-order valence-electron chi connectivity index (χ0n) is 13.7. The van der Waals surface area contributed by atoms with Crippen molar-refractivity contribution in [1.82, 2.24) is 19.8 Å². The van der Waals surface area contributed by atoms with Gasteiger partial charge in [0.1, 0.15) is 17.6 Å². The lowest BCUT2D eigenvalue weighted by molar-refractivity contribution is 0.178. The van der Waals surface area contributed by atoms with E-state index in [0.29, 0.717) is 23.9 Å². The monoisotopic (exact) mass is 335 g/mol. The quantitative estimate of drug-likeness (QED) is 0.583. The Kier molecular flexibility index (Phi) is 4.14. The van der Waals surface area contributed by atoms with E-state index >= 15 is 0 Å². The summed E-state index contributed by atoms with van der Waals surface area (Å²) >= 11 is 0. The number of nitrogens with one attached hydrogen (secondary N) is 1. The Morgan fingerprint density at radius 1 is 1.08 bits per heavy atom. The first-order valence-electron chi connectivity index (χ1n) is 7.92. The van der Waals surface area contributed by atoms with Gasteiger partial charge < -0.3 is 14.5 Å². The van der Waals surface area contributed by atoms with Gasteiger partial charge in [-0.05, 0) is 24.3 Å². The molecule has 0 aliphatic carbocycles. The van der Waals surface area contributed by atoms with Gasteiger partial charge in [0.15, 0.2) is 11.5 Å². The number of fused-ring (bicyclic) bond motifs is 1. The molecule has 4 rings (SSSR count). The van der Waals surface area contributed by atoms with Crippen LogP contribution in [0.3, 0.4) is 0 Å². The molecule has 3 aromatic heterocycles. The SMILES string of the molecule is COCC(Nc1ccc2nnc(-c3ccccc3)n2n1)c1ccco1. The zero-order chi connectivity index (χ0) is 17.1. The van der Waals surface area contributed by atoms with Crippen molar-refractivity contribution in [3.63, 3.8) is 0 Å². The largest absolute Gasteiger partial charge is 0.467 e. The van der Waals surface area contributed by atoms with Crippen LogP contribution in [0.2, 0.25) is 0 Å². The molecule has 1 atom stereocenters. The molecule has 0 aliphatic rings. The van der Waals surface area contributed by atoms with E-state index in [1.54, 1.807) is 17.9 Å². The van der Waals surface area contributed by atoms with Gasteiger partial charge in [0.05, 0.1) is 12.9 Å². The van der Waals surface area contributed by atoms with E-state index in [9.17, 15) is 0 Å². The topological polar surface area (TPSA) is 77.5 Å². The van der Waals surface area contributed by atoms with Crippen molar-refractivity contribution >= 4 is 11.5 Å². The summed E-state index contributed by atoms with van der Waals surface area (Å²) in [6, 6.07) is 17.2. The first-order valence-corrected chi connectivity index (χ1v) is 7.92. The van der Waals surface area contributed by atoms with Crippen LogP contribution in [0.25, 0.3) is 17.0 Å². The van der Waals surface area contributed by atoms with E-state index in [1.165, 1.54) is 0 Å². The smallest absolute Gasteiger partial charge is 0.185 e. The van der Waals surface area contributed by atoms with Gasteiger partial charge >= 0.3 is 0 Å². The van der Waals surface area contributed by atoms with E-state index in [4.69, 9.17) is 9.15 Å². The normalized spacial score (nSPS) is 12.4. The molecule has 0 saturated carbocycles. The van der Waals surface area contributed by atoms with Crippen molar-refractivity contribution in [2.24, 2.45) is 0 Å². The van der Waals surface area contributed by atoms with Crippen LogP contribution in [0.1, 0.15) is 11.8 Å². The maximum atomic E-state index is 5.48. The minimum absolute atomic E-state index is 0.137. The maximum absolute atomic E-state index is 5.48. The predicted octanol–water partition coefficient (Wildman–Crippen LogP) is 3.18. The molecule has 0 radical (unpaired) electrons. The zero-order valence-corrected chi connectivity index (χ0v) is 13.7. The lowest BCUT2D eigenvalue weighted by Gasteiger charge is -2.16. The summed E-state index contributed by atoms with van der Waals surface area (Å²) in [6.45, 7) is 0.459. The number of aromatic nitrogens is 4. The number of methoxy groups -OCH3 is 1. The van der Waals surface area contributed by atoms with Gasteiger partial charge in [0.25, 0.3) is 0 Å². The van der Waals surface area contributed by atoms with Crippen LogP contribution in [-0.2, 0) is 4.74 Å². The molecule has 1 aromatic carbocycles. The Labute approximate surface area is 144 Å². The van der Waals surface area contributed by atoms with Crippen molar-refractivity contribution in [3.05, 3.63) is 66.6 Å². The Balaban J connectivity index is 1.68. The average molecular weight is 335 g/mol. The summed E-state index contributed by atoms with van der Waals surface area (Å²) in [6.07, 6.45) is 1.64. The number of nitrogens with zero attached hydrogens (tertiary/aromatic N) is 4. The number of anilines is 1. The van der Waals surface area contributed by atoms with E-state index in [0.717, 1.165) is 11.3 Å². The Morgan fingerprint density at radius 2 is 1.96 bits per heavy atom. The van der Waals surface area contributed by atoms with E-state index in [1.807, 2.05) is 54.6 Å². The van der Waals surface area contributed by atoms with Gasteiger partial charge in [-0.2, -0.15) is 4.52 Å². The molecule has 1 N–H and O–H groups in total. The third-order valence-electron chi connectivity index (χ3n) is 3.84. The Hall–Kier alpha value is -3.19. The summed E-state index contributed by atoms with van der Waals surface area (Å²) in [4.78, 5) is 0. The standard InChI is InChI=1S/C18H17N5O2/c1-24-12-14(15-8-5-11-25-15)19-16-9-10-17-20-21-18(23(17)22-16)13-6-3-2-4-7-13/h2-11,14H,12H2,1H3,(H,19,22). The van der Waals surface area contributed by atoms with Crippen LogP contribution < -0.4 is 5.32 Å². The van der Waals surface area contributed by atoms with Gasteiger partial charge in [-0.25, -0.2) is 0 Å². The molecular formula is C18H17N5O2. The molecule has 7 nitrogen and oxygen atoms in total. The molecule has 0 aliphatic heterocycles. The van der Waals surface area contributed by atoms with Crippen LogP contribution in [-0.4, -0.2) is 33.5 Å². The summed E-state index contributed by atoms with van der Waals surface area (Å²) in [5, 5.41) is 16.4. The molecule has 0 spiro atoms. The molecule has 0 amide bonds. The second-order valence-corrected chi connectivity index (χ2v) is 5.55. The lowest BCUT2D eigenvalue weighted by Crippen LogP contribution is -2.17. The van der Waals surface area contributed by atoms with E-state index < -0.39 is 0 Å². The number of hydrogen-bond donors (Lipinski definition) is 1. The van der Waals surface area contributed by atoms with Crippen LogP contribution in [0, 0.1) is 0 Å². The first-order chi connectivity index (χ1) is 12.3. The molecule has 0 bridgehead atoms. The molecular weight excluding hydrogens is 318 g/mol. The van der Waals surface area contributed by atoms with Crippen molar-refractivity contribution in [1.29, 1.82) is 0 Å². The molecule has 0 fully saturated rings. The molecule has 1 unspecified atom stereocenters. The highest BCUT2D eigenvalue weighted by Crippen LogP contribution is 2.21. The van der Waals surface area contributed by atoms with Gasteiger partial charge in [-0.15, -0.1) is 15.3 Å². The van der Waals surface area contributed by atoms with E-state index in [-0.39, 0.29) is 6.04 Å². The summed E-state index contributed by atoms with van der Waals surface area (Å²) in [5.74, 6) is 2.17. The highest BCUT2D eigenvalue weighted by molar-refractivity contribution is 5.59. The minimum Gasteiger partial charge on any atom is -0.467 e.